The van der Waals surface area contributed by atoms with Crippen LogP contribution in [0.1, 0.15) is 33.6 Å². The molecule has 23 heavy (non-hydrogen) atoms. The van der Waals surface area contributed by atoms with Gasteiger partial charge in [0.1, 0.15) is 0 Å². The molecular weight excluding hydrogens is 290 g/mol. The maximum atomic E-state index is 11.5. The van der Waals surface area contributed by atoms with Crippen LogP contribution < -0.4 is 5.32 Å². The van der Waals surface area contributed by atoms with E-state index in [4.69, 9.17) is 0 Å². The van der Waals surface area contributed by atoms with Crippen molar-refractivity contribution in [3.63, 3.8) is 0 Å². The van der Waals surface area contributed by atoms with Crippen molar-refractivity contribution in [1.29, 1.82) is 0 Å². The molecule has 0 radical (unpaired) electrons. The highest BCUT2D eigenvalue weighted by molar-refractivity contribution is 6.03. The number of nitrogens with zero attached hydrogens (tertiary/aromatic N) is 1. The number of carboxylic acid groups (broad SMARTS) is 1. The topological polar surface area (TPSA) is 68.4 Å². The summed E-state index contributed by atoms with van der Waals surface area (Å²) in [7, 11) is 0. The maximum absolute atomic E-state index is 11.5. The smallest absolute Gasteiger partial charge is 0.337 e. The monoisotopic (exact) mass is 315 g/mol. The number of hydrogen-bond acceptors (Lipinski definition) is 3. The number of aryl methyl sites for hydroxylation is 3. The quantitative estimate of drug-likeness (QED) is 0.792. The number of benzene rings is 1. The Morgan fingerprint density at radius 1 is 1.26 bits per heavy atom. The molecule has 5 heteroatoms. The van der Waals surface area contributed by atoms with Crippen molar-refractivity contribution in [3.8, 4) is 0 Å². The lowest BCUT2D eigenvalue weighted by Gasteiger charge is -2.27. The summed E-state index contributed by atoms with van der Waals surface area (Å²) in [6.45, 7) is 9.50. The molecule has 0 atom stereocenters. The number of nitrogens with one attached hydrogen (secondary N) is 2. The van der Waals surface area contributed by atoms with Crippen molar-refractivity contribution in [2.75, 3.05) is 32.7 Å². The van der Waals surface area contributed by atoms with Crippen LogP contribution in [0.4, 0.5) is 0 Å². The summed E-state index contributed by atoms with van der Waals surface area (Å²) in [5.74, 6) is -0.868. The first-order valence-electron chi connectivity index (χ1n) is 8.34. The molecule has 0 saturated carbocycles. The van der Waals surface area contributed by atoms with Gasteiger partial charge >= 0.3 is 5.97 Å². The molecule has 0 spiro atoms. The molecule has 0 unspecified atom stereocenters. The van der Waals surface area contributed by atoms with Crippen molar-refractivity contribution in [2.24, 2.45) is 0 Å². The van der Waals surface area contributed by atoms with Gasteiger partial charge in [0, 0.05) is 37.3 Å². The van der Waals surface area contributed by atoms with E-state index in [1.54, 1.807) is 6.07 Å². The molecule has 1 saturated heterocycles. The number of aromatic nitrogens is 1. The molecule has 0 aliphatic carbocycles. The molecule has 2 aromatic rings. The molecule has 3 rings (SSSR count). The molecule has 1 aromatic heterocycles. The number of aromatic amines is 1. The Labute approximate surface area is 136 Å². The summed E-state index contributed by atoms with van der Waals surface area (Å²) in [5.41, 5.74) is 4.49. The van der Waals surface area contributed by atoms with Crippen LogP contribution in [0.25, 0.3) is 10.9 Å². The highest BCUT2D eigenvalue weighted by atomic mass is 16.4. The van der Waals surface area contributed by atoms with E-state index in [0.29, 0.717) is 5.56 Å². The second kappa shape index (κ2) is 6.72. The first kappa shape index (κ1) is 16.0. The van der Waals surface area contributed by atoms with Crippen molar-refractivity contribution in [2.45, 2.75) is 26.7 Å². The van der Waals surface area contributed by atoms with E-state index in [0.717, 1.165) is 67.7 Å². The van der Waals surface area contributed by atoms with Gasteiger partial charge in [0.25, 0.3) is 0 Å². The number of piperazine rings is 1. The summed E-state index contributed by atoms with van der Waals surface area (Å²) >= 11 is 0. The number of carboxylic acids is 1. The Morgan fingerprint density at radius 2 is 2.00 bits per heavy atom. The van der Waals surface area contributed by atoms with Gasteiger partial charge < -0.3 is 20.3 Å². The third-order valence-corrected chi connectivity index (χ3v) is 4.71. The maximum Gasteiger partial charge on any atom is 0.337 e. The van der Waals surface area contributed by atoms with Gasteiger partial charge in [0.2, 0.25) is 0 Å². The first-order valence-corrected chi connectivity index (χ1v) is 8.34. The van der Waals surface area contributed by atoms with Crippen molar-refractivity contribution in [1.82, 2.24) is 15.2 Å². The number of carbonyl (C=O) groups is 1. The Bertz CT molecular complexity index is 715. The summed E-state index contributed by atoms with van der Waals surface area (Å²) < 4.78 is 0. The molecule has 2 heterocycles. The SMILES string of the molecule is Cc1cc(C(=O)O)c2[nH]c(C)c(CCCN3CCNCC3)c2c1. The van der Waals surface area contributed by atoms with E-state index in [-0.39, 0.29) is 0 Å². The van der Waals surface area contributed by atoms with Crippen molar-refractivity contribution >= 4 is 16.9 Å². The van der Waals surface area contributed by atoms with Crippen LogP contribution in [-0.2, 0) is 6.42 Å². The molecule has 5 nitrogen and oxygen atoms in total. The largest absolute Gasteiger partial charge is 0.478 e. The Kier molecular flexibility index (Phi) is 4.68. The van der Waals surface area contributed by atoms with Gasteiger partial charge in [-0.2, -0.15) is 0 Å². The highest BCUT2D eigenvalue weighted by Crippen LogP contribution is 2.27. The number of hydrogen-bond donors (Lipinski definition) is 3. The second-order valence-corrected chi connectivity index (χ2v) is 6.46. The highest BCUT2D eigenvalue weighted by Gasteiger charge is 2.16. The summed E-state index contributed by atoms with van der Waals surface area (Å²) in [5, 5.41) is 13.9. The van der Waals surface area contributed by atoms with E-state index < -0.39 is 5.97 Å². The van der Waals surface area contributed by atoms with Crippen LogP contribution in [0.3, 0.4) is 0 Å². The molecule has 0 bridgehead atoms. The standard InChI is InChI=1S/C18H25N3O2/c1-12-10-15-14(4-3-7-21-8-5-19-6-9-21)13(2)20-17(15)16(11-12)18(22)23/h10-11,19-20H,3-9H2,1-2H3,(H,22,23). The lowest BCUT2D eigenvalue weighted by molar-refractivity contribution is 0.0698. The molecule has 0 amide bonds. The van der Waals surface area contributed by atoms with Gasteiger partial charge in [-0.1, -0.05) is 0 Å². The third-order valence-electron chi connectivity index (χ3n) is 4.71. The average Bonchev–Trinajstić information content (AvgIpc) is 2.83. The Balaban J connectivity index is 1.80. The minimum atomic E-state index is -0.868. The summed E-state index contributed by atoms with van der Waals surface area (Å²) in [6.07, 6.45) is 2.09. The van der Waals surface area contributed by atoms with Crippen LogP contribution in [0.5, 0.6) is 0 Å². The van der Waals surface area contributed by atoms with Crippen molar-refractivity contribution in [3.05, 3.63) is 34.5 Å². The zero-order valence-electron chi connectivity index (χ0n) is 13.9. The van der Waals surface area contributed by atoms with Crippen LogP contribution in [0.15, 0.2) is 12.1 Å². The minimum Gasteiger partial charge on any atom is -0.478 e. The zero-order valence-corrected chi connectivity index (χ0v) is 13.9. The van der Waals surface area contributed by atoms with E-state index in [2.05, 4.69) is 21.3 Å². The fourth-order valence-corrected chi connectivity index (χ4v) is 3.53. The minimum absolute atomic E-state index is 0.372. The number of fused-ring (bicyclic) bond motifs is 1. The first-order chi connectivity index (χ1) is 11.1. The van der Waals surface area contributed by atoms with Crippen LogP contribution in [0.2, 0.25) is 0 Å². The fourth-order valence-electron chi connectivity index (χ4n) is 3.53. The van der Waals surface area contributed by atoms with E-state index >= 15 is 0 Å². The van der Waals surface area contributed by atoms with Gasteiger partial charge in [-0.05, 0) is 56.5 Å². The second-order valence-electron chi connectivity index (χ2n) is 6.46. The average molecular weight is 315 g/mol. The lowest BCUT2D eigenvalue weighted by Crippen LogP contribution is -2.43. The lowest BCUT2D eigenvalue weighted by atomic mass is 10.0. The van der Waals surface area contributed by atoms with Crippen LogP contribution in [-0.4, -0.2) is 53.7 Å². The normalized spacial score (nSPS) is 16.1. The molecular formula is C18H25N3O2. The molecule has 1 fully saturated rings. The Hall–Kier alpha value is -1.85. The molecule has 1 aliphatic rings. The summed E-state index contributed by atoms with van der Waals surface area (Å²) in [6, 6.07) is 3.84. The van der Waals surface area contributed by atoms with E-state index in [1.807, 2.05) is 13.8 Å². The van der Waals surface area contributed by atoms with Crippen LogP contribution >= 0.6 is 0 Å². The molecule has 1 aliphatic heterocycles. The summed E-state index contributed by atoms with van der Waals surface area (Å²) in [4.78, 5) is 17.3. The number of H-pyrrole nitrogens is 1. The predicted octanol–water partition coefficient (Wildman–Crippen LogP) is 2.32. The zero-order chi connectivity index (χ0) is 16.4. The van der Waals surface area contributed by atoms with Crippen LogP contribution in [0, 0.1) is 13.8 Å². The van der Waals surface area contributed by atoms with Gasteiger partial charge in [0.05, 0.1) is 11.1 Å². The van der Waals surface area contributed by atoms with Gasteiger partial charge in [0.15, 0.2) is 0 Å². The number of rotatable bonds is 5. The fraction of sp³-hybridized carbons (Fsp3) is 0.500. The third kappa shape index (κ3) is 3.41. The van der Waals surface area contributed by atoms with Gasteiger partial charge in [-0.3, -0.25) is 0 Å². The van der Waals surface area contributed by atoms with E-state index in [1.165, 1.54) is 5.56 Å². The van der Waals surface area contributed by atoms with Crippen molar-refractivity contribution < 1.29 is 9.90 Å². The molecule has 3 N–H and O–H groups in total. The van der Waals surface area contributed by atoms with E-state index in [9.17, 15) is 9.90 Å². The van der Waals surface area contributed by atoms with Gasteiger partial charge in [-0.25, -0.2) is 4.79 Å². The molecule has 124 valence electrons. The Morgan fingerprint density at radius 3 is 2.70 bits per heavy atom. The van der Waals surface area contributed by atoms with Gasteiger partial charge in [-0.15, -0.1) is 0 Å². The predicted molar refractivity (Wildman–Crippen MR) is 92.4 cm³/mol. The molecule has 1 aromatic carbocycles. The number of aromatic carboxylic acids is 1.